The topological polar surface area (TPSA) is 102 Å². The number of pyridine rings is 1. The van der Waals surface area contributed by atoms with Gasteiger partial charge in [0.25, 0.3) is 5.91 Å². The predicted octanol–water partition coefficient (Wildman–Crippen LogP) is -1.13. The number of aromatic amines is 1. The summed E-state index contributed by atoms with van der Waals surface area (Å²) in [5.74, 6) is -1.63. The smallest absolute Gasteiger partial charge is 0.327 e. The molecule has 0 spiro atoms. The molecule has 2 rings (SSSR count). The second-order valence-corrected chi connectivity index (χ2v) is 3.98. The first-order valence-electron chi connectivity index (χ1n) is 5.53. The van der Waals surface area contributed by atoms with E-state index in [-0.39, 0.29) is 18.7 Å². The molecule has 1 aromatic heterocycles. The Morgan fingerprint density at radius 3 is 2.89 bits per heavy atom. The van der Waals surface area contributed by atoms with Crippen molar-refractivity contribution in [2.75, 3.05) is 19.6 Å². The van der Waals surface area contributed by atoms with E-state index in [1.807, 2.05) is 0 Å². The minimum absolute atomic E-state index is 0.0364. The molecule has 1 saturated heterocycles. The van der Waals surface area contributed by atoms with Crippen LogP contribution >= 0.6 is 0 Å². The van der Waals surface area contributed by atoms with E-state index < -0.39 is 23.3 Å². The molecule has 96 valence electrons. The first-order valence-corrected chi connectivity index (χ1v) is 5.53. The fourth-order valence-electron chi connectivity index (χ4n) is 1.91. The maximum atomic E-state index is 12.2. The van der Waals surface area contributed by atoms with E-state index in [1.165, 1.54) is 23.4 Å². The second kappa shape index (κ2) is 5.01. The van der Waals surface area contributed by atoms with Crippen molar-refractivity contribution in [3.05, 3.63) is 34.2 Å². The third kappa shape index (κ3) is 2.25. The van der Waals surface area contributed by atoms with Crippen LogP contribution in [0.4, 0.5) is 0 Å². The quantitative estimate of drug-likeness (QED) is 0.617. The fourth-order valence-corrected chi connectivity index (χ4v) is 1.91. The summed E-state index contributed by atoms with van der Waals surface area (Å²) in [6.07, 6.45) is 2.72. The van der Waals surface area contributed by atoms with E-state index in [2.05, 4.69) is 10.3 Å². The van der Waals surface area contributed by atoms with Gasteiger partial charge in [0.2, 0.25) is 0 Å². The Bertz CT molecular complexity index is 525. The van der Waals surface area contributed by atoms with Gasteiger partial charge in [-0.15, -0.1) is 0 Å². The van der Waals surface area contributed by atoms with E-state index in [4.69, 9.17) is 5.11 Å². The zero-order valence-corrected chi connectivity index (χ0v) is 9.55. The van der Waals surface area contributed by atoms with Crippen LogP contribution in [0.15, 0.2) is 23.3 Å². The van der Waals surface area contributed by atoms with E-state index in [0.29, 0.717) is 6.54 Å². The number of carboxylic acids is 1. The molecular weight excluding hydrogens is 238 g/mol. The molecule has 0 radical (unpaired) electrons. The molecule has 7 nitrogen and oxygen atoms in total. The monoisotopic (exact) mass is 251 g/mol. The molecule has 18 heavy (non-hydrogen) atoms. The SMILES string of the molecule is O=C(O)C1CNCCN1C(=O)c1c[nH]ccc1=O. The first kappa shape index (κ1) is 12.3. The number of carboxylic acid groups (broad SMARTS) is 1. The van der Waals surface area contributed by atoms with Crippen molar-refractivity contribution >= 4 is 11.9 Å². The zero-order chi connectivity index (χ0) is 13.1. The van der Waals surface area contributed by atoms with Crippen LogP contribution in [0.3, 0.4) is 0 Å². The number of amides is 1. The van der Waals surface area contributed by atoms with Crippen LogP contribution in [0, 0.1) is 0 Å². The number of carbonyl (C=O) groups excluding carboxylic acids is 1. The van der Waals surface area contributed by atoms with Gasteiger partial charge in [0.05, 0.1) is 0 Å². The van der Waals surface area contributed by atoms with Crippen molar-refractivity contribution < 1.29 is 14.7 Å². The summed E-state index contributed by atoms with van der Waals surface area (Å²) in [4.78, 5) is 38.6. The number of aliphatic carboxylic acids is 1. The highest BCUT2D eigenvalue weighted by molar-refractivity contribution is 5.96. The summed E-state index contributed by atoms with van der Waals surface area (Å²) in [6.45, 7) is 0.968. The molecule has 1 amide bonds. The number of piperazine rings is 1. The van der Waals surface area contributed by atoms with E-state index in [0.717, 1.165) is 0 Å². The van der Waals surface area contributed by atoms with Gasteiger partial charge in [0.15, 0.2) is 5.43 Å². The Balaban J connectivity index is 2.29. The van der Waals surface area contributed by atoms with Gasteiger partial charge in [-0.2, -0.15) is 0 Å². The fraction of sp³-hybridized carbons (Fsp3) is 0.364. The number of hydrogen-bond donors (Lipinski definition) is 3. The number of carbonyl (C=O) groups is 2. The molecule has 1 unspecified atom stereocenters. The van der Waals surface area contributed by atoms with E-state index in [9.17, 15) is 14.4 Å². The van der Waals surface area contributed by atoms with Gasteiger partial charge in [-0.1, -0.05) is 0 Å². The van der Waals surface area contributed by atoms with Gasteiger partial charge in [-0.25, -0.2) is 4.79 Å². The van der Waals surface area contributed by atoms with Gasteiger partial charge < -0.3 is 20.3 Å². The molecule has 3 N–H and O–H groups in total. The molecule has 0 aliphatic carbocycles. The lowest BCUT2D eigenvalue weighted by atomic mass is 10.1. The molecular formula is C11H13N3O4. The van der Waals surface area contributed by atoms with Crippen molar-refractivity contribution in [3.63, 3.8) is 0 Å². The second-order valence-electron chi connectivity index (χ2n) is 3.98. The number of nitrogens with one attached hydrogen (secondary N) is 2. The van der Waals surface area contributed by atoms with Crippen molar-refractivity contribution in [2.45, 2.75) is 6.04 Å². The summed E-state index contributed by atoms with van der Waals surface area (Å²) in [5, 5.41) is 12.0. The van der Waals surface area contributed by atoms with Crippen LogP contribution in [0.2, 0.25) is 0 Å². The van der Waals surface area contributed by atoms with Crippen molar-refractivity contribution in [2.24, 2.45) is 0 Å². The van der Waals surface area contributed by atoms with Crippen LogP contribution < -0.4 is 10.7 Å². The van der Waals surface area contributed by atoms with Crippen molar-refractivity contribution in [1.82, 2.24) is 15.2 Å². The highest BCUT2D eigenvalue weighted by Crippen LogP contribution is 2.08. The lowest BCUT2D eigenvalue weighted by molar-refractivity contribution is -0.142. The third-order valence-electron chi connectivity index (χ3n) is 2.84. The third-order valence-corrected chi connectivity index (χ3v) is 2.84. The number of aromatic nitrogens is 1. The van der Waals surface area contributed by atoms with Crippen LogP contribution in [0.1, 0.15) is 10.4 Å². The Kier molecular flexibility index (Phi) is 3.42. The summed E-state index contributed by atoms with van der Waals surface area (Å²) in [5.41, 5.74) is -0.452. The molecule has 1 fully saturated rings. The lowest BCUT2D eigenvalue weighted by Crippen LogP contribution is -2.57. The van der Waals surface area contributed by atoms with Crippen LogP contribution in [-0.2, 0) is 4.79 Å². The molecule has 0 bridgehead atoms. The average Bonchev–Trinajstić information content (AvgIpc) is 2.38. The standard InChI is InChI=1S/C11H13N3O4/c15-9-1-2-12-5-7(9)10(16)14-4-3-13-6-8(14)11(17)18/h1-2,5,8,13H,3-4,6H2,(H,12,15)(H,17,18). The summed E-state index contributed by atoms with van der Waals surface area (Å²) in [6, 6.07) is 0.302. The molecule has 2 heterocycles. The molecule has 7 heteroatoms. The van der Waals surface area contributed by atoms with Gasteiger partial charge in [-0.3, -0.25) is 9.59 Å². The molecule has 0 saturated carbocycles. The van der Waals surface area contributed by atoms with Crippen LogP contribution in [-0.4, -0.2) is 52.5 Å². The minimum Gasteiger partial charge on any atom is -0.480 e. The molecule has 1 aliphatic rings. The summed E-state index contributed by atoms with van der Waals surface area (Å²) >= 11 is 0. The van der Waals surface area contributed by atoms with E-state index >= 15 is 0 Å². The summed E-state index contributed by atoms with van der Waals surface area (Å²) in [7, 11) is 0. The maximum Gasteiger partial charge on any atom is 0.327 e. The normalized spacial score (nSPS) is 19.6. The predicted molar refractivity (Wildman–Crippen MR) is 62.4 cm³/mol. The Morgan fingerprint density at radius 2 is 2.22 bits per heavy atom. The van der Waals surface area contributed by atoms with Crippen LogP contribution in [0.5, 0.6) is 0 Å². The zero-order valence-electron chi connectivity index (χ0n) is 9.55. The highest BCUT2D eigenvalue weighted by Gasteiger charge is 2.33. The van der Waals surface area contributed by atoms with Crippen molar-refractivity contribution in [3.8, 4) is 0 Å². The molecule has 1 aliphatic heterocycles. The van der Waals surface area contributed by atoms with Crippen molar-refractivity contribution in [1.29, 1.82) is 0 Å². The van der Waals surface area contributed by atoms with Gasteiger partial charge in [-0.05, 0) is 0 Å². The number of hydrogen-bond acceptors (Lipinski definition) is 4. The van der Waals surface area contributed by atoms with Gasteiger partial charge >= 0.3 is 5.97 Å². The molecule has 1 atom stereocenters. The lowest BCUT2D eigenvalue weighted by Gasteiger charge is -2.33. The van der Waals surface area contributed by atoms with Gasteiger partial charge in [0.1, 0.15) is 11.6 Å². The Hall–Kier alpha value is -2.15. The van der Waals surface area contributed by atoms with Crippen LogP contribution in [0.25, 0.3) is 0 Å². The van der Waals surface area contributed by atoms with E-state index in [1.54, 1.807) is 0 Å². The Labute approximate surface area is 102 Å². The maximum absolute atomic E-state index is 12.2. The molecule has 1 aromatic rings. The average molecular weight is 251 g/mol. The largest absolute Gasteiger partial charge is 0.480 e. The van der Waals surface area contributed by atoms with Gasteiger partial charge in [0, 0.05) is 38.1 Å². The Morgan fingerprint density at radius 1 is 1.44 bits per heavy atom. The minimum atomic E-state index is -1.08. The summed E-state index contributed by atoms with van der Waals surface area (Å²) < 4.78 is 0. The number of nitrogens with zero attached hydrogens (tertiary/aromatic N) is 1. The number of H-pyrrole nitrogens is 1. The molecule has 0 aromatic carbocycles. The number of rotatable bonds is 2. The highest BCUT2D eigenvalue weighted by atomic mass is 16.4. The first-order chi connectivity index (χ1) is 8.61.